The molecule has 16 heavy (non-hydrogen) atoms. The fourth-order valence-electron chi connectivity index (χ4n) is 1.70. The van der Waals surface area contributed by atoms with Crippen LogP contribution in [0.5, 0.6) is 5.75 Å². The summed E-state index contributed by atoms with van der Waals surface area (Å²) in [6.07, 6.45) is -0.783. The maximum atomic E-state index is 10.0. The van der Waals surface area contributed by atoms with Gasteiger partial charge in [-0.15, -0.1) is 11.6 Å². The first-order chi connectivity index (χ1) is 7.40. The number of aliphatic hydroxyl groups excluding tert-OH is 1. The number of rotatable bonds is 3. The first-order valence-corrected chi connectivity index (χ1v) is 5.87. The largest absolute Gasteiger partial charge is 0.496 e. The Balaban J connectivity index is 3.41. The normalized spacial score (nSPS) is 14.7. The number of hydrogen-bond acceptors (Lipinski definition) is 2. The lowest BCUT2D eigenvalue weighted by molar-refractivity contribution is 0.172. The van der Waals surface area contributed by atoms with Gasteiger partial charge in [0.15, 0.2) is 0 Å². The molecule has 1 aromatic carbocycles. The van der Waals surface area contributed by atoms with Gasteiger partial charge in [0, 0.05) is 10.6 Å². The molecule has 0 bridgehead atoms. The maximum absolute atomic E-state index is 10.0. The lowest BCUT2D eigenvalue weighted by Crippen LogP contribution is -2.12. The standard InChI is InChI=1S/C12H16Cl2O2/c1-6-5-9(16-4)10(7(2)11(6)14)12(15)8(3)13/h5,8,12,15H,1-4H3. The number of ether oxygens (including phenoxy) is 1. The number of aryl methyl sites for hydroxylation is 1. The quantitative estimate of drug-likeness (QED) is 0.844. The van der Waals surface area contributed by atoms with Gasteiger partial charge in [-0.25, -0.2) is 0 Å². The van der Waals surface area contributed by atoms with Crippen LogP contribution >= 0.6 is 23.2 Å². The van der Waals surface area contributed by atoms with Gasteiger partial charge < -0.3 is 9.84 Å². The van der Waals surface area contributed by atoms with E-state index in [0.29, 0.717) is 16.3 Å². The van der Waals surface area contributed by atoms with Crippen molar-refractivity contribution in [2.75, 3.05) is 7.11 Å². The Hall–Kier alpha value is -0.440. The predicted octanol–water partition coefficient (Wildman–Crippen LogP) is 3.63. The van der Waals surface area contributed by atoms with Gasteiger partial charge in [-0.05, 0) is 38.0 Å². The molecule has 0 aromatic heterocycles. The number of methoxy groups -OCH3 is 1. The Labute approximate surface area is 106 Å². The highest BCUT2D eigenvalue weighted by Gasteiger charge is 2.22. The summed E-state index contributed by atoms with van der Waals surface area (Å²) in [7, 11) is 1.57. The van der Waals surface area contributed by atoms with Crippen LogP contribution in [0.4, 0.5) is 0 Å². The SMILES string of the molecule is COc1cc(C)c(Cl)c(C)c1C(O)C(C)Cl. The monoisotopic (exact) mass is 262 g/mol. The summed E-state index contributed by atoms with van der Waals surface area (Å²) in [5.41, 5.74) is 2.41. The lowest BCUT2D eigenvalue weighted by Gasteiger charge is -2.21. The van der Waals surface area contributed by atoms with Crippen molar-refractivity contribution < 1.29 is 9.84 Å². The first-order valence-electron chi connectivity index (χ1n) is 5.05. The van der Waals surface area contributed by atoms with Crippen LogP contribution in [0.3, 0.4) is 0 Å². The van der Waals surface area contributed by atoms with Gasteiger partial charge in [0.1, 0.15) is 5.75 Å². The zero-order valence-corrected chi connectivity index (χ0v) is 11.4. The molecule has 0 saturated heterocycles. The van der Waals surface area contributed by atoms with Gasteiger partial charge in [0.25, 0.3) is 0 Å². The summed E-state index contributed by atoms with van der Waals surface area (Å²) in [6.45, 7) is 5.49. The Morgan fingerprint density at radius 2 is 1.94 bits per heavy atom. The van der Waals surface area contributed by atoms with E-state index in [1.54, 1.807) is 14.0 Å². The van der Waals surface area contributed by atoms with E-state index in [-0.39, 0.29) is 0 Å². The average Bonchev–Trinajstić information content (AvgIpc) is 2.24. The summed E-state index contributed by atoms with van der Waals surface area (Å²) in [5, 5.41) is 10.3. The van der Waals surface area contributed by atoms with Crippen LogP contribution in [0.1, 0.15) is 29.7 Å². The molecule has 1 N–H and O–H groups in total. The van der Waals surface area contributed by atoms with Gasteiger partial charge in [-0.3, -0.25) is 0 Å². The number of hydrogen-bond donors (Lipinski definition) is 1. The van der Waals surface area contributed by atoms with Gasteiger partial charge in [-0.2, -0.15) is 0 Å². The molecule has 0 saturated carbocycles. The summed E-state index contributed by atoms with van der Waals surface area (Å²) in [5.74, 6) is 0.624. The summed E-state index contributed by atoms with van der Waals surface area (Å²) in [4.78, 5) is 0. The van der Waals surface area contributed by atoms with E-state index >= 15 is 0 Å². The Kier molecular flexibility index (Phi) is 4.48. The fraction of sp³-hybridized carbons (Fsp3) is 0.500. The molecular weight excluding hydrogens is 247 g/mol. The molecule has 0 radical (unpaired) electrons. The van der Waals surface area contributed by atoms with E-state index < -0.39 is 11.5 Å². The van der Waals surface area contributed by atoms with Crippen LogP contribution in [0.15, 0.2) is 6.07 Å². The van der Waals surface area contributed by atoms with Crippen molar-refractivity contribution in [3.63, 3.8) is 0 Å². The molecule has 0 heterocycles. The number of alkyl halides is 1. The van der Waals surface area contributed by atoms with E-state index in [1.165, 1.54) is 0 Å². The molecule has 0 spiro atoms. The molecule has 2 nitrogen and oxygen atoms in total. The van der Waals surface area contributed by atoms with Crippen molar-refractivity contribution in [2.45, 2.75) is 32.3 Å². The molecule has 0 aliphatic rings. The fourth-order valence-corrected chi connectivity index (χ4v) is 1.99. The first kappa shape index (κ1) is 13.6. The summed E-state index contributed by atoms with van der Waals surface area (Å²) in [6, 6.07) is 1.81. The third kappa shape index (κ3) is 2.45. The molecule has 0 aliphatic heterocycles. The van der Waals surface area contributed by atoms with Gasteiger partial charge >= 0.3 is 0 Å². The summed E-state index contributed by atoms with van der Waals surface area (Å²) < 4.78 is 5.26. The topological polar surface area (TPSA) is 29.5 Å². The van der Waals surface area contributed by atoms with Crippen molar-refractivity contribution in [2.24, 2.45) is 0 Å². The van der Waals surface area contributed by atoms with E-state index in [0.717, 1.165) is 11.1 Å². The second kappa shape index (κ2) is 5.26. The van der Waals surface area contributed by atoms with Crippen molar-refractivity contribution in [1.82, 2.24) is 0 Å². The smallest absolute Gasteiger partial charge is 0.125 e. The van der Waals surface area contributed by atoms with E-state index in [1.807, 2.05) is 19.9 Å². The molecule has 0 aliphatic carbocycles. The Bertz CT molecular complexity index is 389. The maximum Gasteiger partial charge on any atom is 0.125 e. The molecule has 2 unspecified atom stereocenters. The third-order valence-electron chi connectivity index (χ3n) is 2.64. The summed E-state index contributed by atoms with van der Waals surface area (Å²) >= 11 is 12.1. The predicted molar refractivity (Wildman–Crippen MR) is 67.8 cm³/mol. The molecule has 1 rings (SSSR count). The van der Waals surface area contributed by atoms with Crippen molar-refractivity contribution in [1.29, 1.82) is 0 Å². The second-order valence-corrected chi connectivity index (χ2v) is 4.94. The van der Waals surface area contributed by atoms with Crippen LogP contribution in [-0.2, 0) is 0 Å². The van der Waals surface area contributed by atoms with Gasteiger partial charge in [-0.1, -0.05) is 11.6 Å². The minimum atomic E-state index is -0.783. The molecule has 0 amide bonds. The highest BCUT2D eigenvalue weighted by Crippen LogP contribution is 2.37. The highest BCUT2D eigenvalue weighted by atomic mass is 35.5. The van der Waals surface area contributed by atoms with E-state index in [9.17, 15) is 5.11 Å². The highest BCUT2D eigenvalue weighted by molar-refractivity contribution is 6.32. The molecule has 90 valence electrons. The van der Waals surface area contributed by atoms with Crippen LogP contribution in [0, 0.1) is 13.8 Å². The average molecular weight is 263 g/mol. The van der Waals surface area contributed by atoms with Crippen LogP contribution in [0.2, 0.25) is 5.02 Å². The molecule has 4 heteroatoms. The molecule has 0 fully saturated rings. The van der Waals surface area contributed by atoms with Gasteiger partial charge in [0.2, 0.25) is 0 Å². The van der Waals surface area contributed by atoms with Crippen molar-refractivity contribution in [3.8, 4) is 5.75 Å². The van der Waals surface area contributed by atoms with Crippen molar-refractivity contribution >= 4 is 23.2 Å². The molecule has 1 aromatic rings. The Morgan fingerprint density at radius 1 is 1.38 bits per heavy atom. The minimum absolute atomic E-state index is 0.397. The van der Waals surface area contributed by atoms with Crippen LogP contribution in [0.25, 0.3) is 0 Å². The number of aliphatic hydroxyl groups is 1. The van der Waals surface area contributed by atoms with Gasteiger partial charge in [0.05, 0.1) is 18.6 Å². The molecule has 2 atom stereocenters. The zero-order chi connectivity index (χ0) is 12.5. The number of benzene rings is 1. The van der Waals surface area contributed by atoms with Crippen LogP contribution in [-0.4, -0.2) is 17.6 Å². The zero-order valence-electron chi connectivity index (χ0n) is 9.84. The van der Waals surface area contributed by atoms with Crippen molar-refractivity contribution in [3.05, 3.63) is 27.8 Å². The third-order valence-corrected chi connectivity index (χ3v) is 3.46. The van der Waals surface area contributed by atoms with Crippen LogP contribution < -0.4 is 4.74 Å². The second-order valence-electron chi connectivity index (χ2n) is 3.87. The minimum Gasteiger partial charge on any atom is -0.496 e. The lowest BCUT2D eigenvalue weighted by atomic mass is 9.98. The number of halogens is 2. The van der Waals surface area contributed by atoms with E-state index in [2.05, 4.69) is 0 Å². The Morgan fingerprint density at radius 3 is 2.38 bits per heavy atom. The van der Waals surface area contributed by atoms with E-state index in [4.69, 9.17) is 27.9 Å². The molecular formula is C12H16Cl2O2.